The van der Waals surface area contributed by atoms with Crippen molar-refractivity contribution in [2.45, 2.75) is 19.9 Å². The van der Waals surface area contributed by atoms with E-state index in [-0.39, 0.29) is 0 Å². The van der Waals surface area contributed by atoms with Crippen molar-refractivity contribution in [1.82, 2.24) is 0 Å². The molecule has 4 heavy (non-hydrogen) atoms. The van der Waals surface area contributed by atoms with E-state index in [1.165, 1.54) is 13.8 Å². The molecule has 0 spiro atoms. The van der Waals surface area contributed by atoms with Crippen LogP contribution >= 0.6 is 0 Å². The first-order valence-corrected chi connectivity index (χ1v) is 1.22. The topological polar surface area (TPSA) is 20.2 Å². The van der Waals surface area contributed by atoms with Gasteiger partial charge in [-0.05, 0) is 13.8 Å². The minimum atomic E-state index is -1.25. The van der Waals surface area contributed by atoms with Gasteiger partial charge in [-0.15, -0.1) is 0 Å². The second kappa shape index (κ2) is 1.30. The lowest BCUT2D eigenvalue weighted by molar-refractivity contribution is 0.216. The van der Waals surface area contributed by atoms with Gasteiger partial charge < -0.3 is 5.11 Å². The standard InChI is InChI=1S/C3H8O/c1-3(2)4/h3-4H,1-2H3/i3T. The van der Waals surface area contributed by atoms with Gasteiger partial charge in [-0.25, -0.2) is 0 Å². The summed E-state index contributed by atoms with van der Waals surface area (Å²) in [6, 6.07) is 0. The summed E-state index contributed by atoms with van der Waals surface area (Å²) in [7, 11) is 0. The molecule has 0 radical (unpaired) electrons. The molecule has 0 rings (SSSR count). The minimum Gasteiger partial charge on any atom is -0.394 e. The monoisotopic (exact) mass is 62.1 g/mol. The highest BCUT2D eigenvalue weighted by Gasteiger charge is 1.69. The summed E-state index contributed by atoms with van der Waals surface area (Å²) < 4.78 is 6.49. The van der Waals surface area contributed by atoms with Crippen LogP contribution in [0.1, 0.15) is 15.2 Å². The van der Waals surface area contributed by atoms with Crippen LogP contribution < -0.4 is 0 Å². The van der Waals surface area contributed by atoms with Gasteiger partial charge in [-0.1, -0.05) is 0 Å². The van der Waals surface area contributed by atoms with Gasteiger partial charge in [0.15, 0.2) is 0 Å². The lowest BCUT2D eigenvalue weighted by Crippen LogP contribution is -1.85. The highest BCUT2D eigenvalue weighted by Crippen LogP contribution is 1.65. The molecule has 0 aromatic rings. The van der Waals surface area contributed by atoms with Crippen molar-refractivity contribution in [1.29, 1.82) is 0 Å². The lowest BCUT2D eigenvalue weighted by atomic mass is 10.5. The van der Waals surface area contributed by atoms with E-state index in [2.05, 4.69) is 0 Å². The van der Waals surface area contributed by atoms with Crippen LogP contribution in [-0.2, 0) is 0 Å². The molecule has 0 fully saturated rings. The van der Waals surface area contributed by atoms with Crippen molar-refractivity contribution in [3.63, 3.8) is 0 Å². The maximum absolute atomic E-state index is 8.19. The Morgan fingerprint density at radius 3 is 2.00 bits per heavy atom. The molecule has 0 aromatic carbocycles. The Kier molecular flexibility index (Phi) is 0.718. The van der Waals surface area contributed by atoms with E-state index in [0.717, 1.165) is 0 Å². The maximum Gasteiger partial charge on any atom is 0.0594 e. The Hall–Kier alpha value is -0.0400. The van der Waals surface area contributed by atoms with Crippen LogP contribution in [0, 0.1) is 0 Å². The quantitative estimate of drug-likeness (QED) is 0.430. The first-order valence-electron chi connectivity index (χ1n) is 1.72. The molecular weight excluding hydrogens is 52.0 g/mol. The molecule has 0 unspecified atom stereocenters. The maximum atomic E-state index is 8.19. The third kappa shape index (κ3) is 1130. The summed E-state index contributed by atoms with van der Waals surface area (Å²) in [5.41, 5.74) is 0. The van der Waals surface area contributed by atoms with Crippen molar-refractivity contribution in [2.24, 2.45) is 0 Å². The summed E-state index contributed by atoms with van der Waals surface area (Å²) >= 11 is 0. The van der Waals surface area contributed by atoms with Crippen molar-refractivity contribution in [3.8, 4) is 0 Å². The van der Waals surface area contributed by atoms with Gasteiger partial charge in [0.25, 0.3) is 0 Å². The summed E-state index contributed by atoms with van der Waals surface area (Å²) in [6.07, 6.45) is -1.25. The number of hydrogen-bond acceptors (Lipinski definition) is 1. The van der Waals surface area contributed by atoms with E-state index < -0.39 is 6.08 Å². The molecule has 0 atom stereocenters. The highest BCUT2D eigenvalue weighted by atomic mass is 16.3. The zero-order valence-corrected chi connectivity index (χ0v) is 2.95. The molecule has 0 aliphatic heterocycles. The minimum absolute atomic E-state index is 1.25. The first-order chi connectivity index (χ1) is 2.00. The summed E-state index contributed by atoms with van der Waals surface area (Å²) in [4.78, 5) is 0. The molecule has 0 bridgehead atoms. The van der Waals surface area contributed by atoms with Crippen LogP contribution in [0.15, 0.2) is 0 Å². The molecular formula is C3H8O. The van der Waals surface area contributed by atoms with Crippen LogP contribution in [0.5, 0.6) is 0 Å². The molecule has 0 heterocycles. The predicted molar refractivity (Wildman–Crippen MR) is 17.4 cm³/mol. The first kappa shape index (κ1) is 2.21. The SMILES string of the molecule is [3H]C(C)(C)O. The van der Waals surface area contributed by atoms with Crippen molar-refractivity contribution < 1.29 is 6.48 Å². The highest BCUT2D eigenvalue weighted by molar-refractivity contribution is 4.20. The van der Waals surface area contributed by atoms with E-state index in [4.69, 9.17) is 6.48 Å². The van der Waals surface area contributed by atoms with Crippen molar-refractivity contribution in [3.05, 3.63) is 0 Å². The third-order valence-electron chi connectivity index (χ3n) is 0. The smallest absolute Gasteiger partial charge is 0.0594 e. The largest absolute Gasteiger partial charge is 0.394 e. The fourth-order valence-corrected chi connectivity index (χ4v) is 0. The molecule has 0 aliphatic carbocycles. The second-order valence-corrected chi connectivity index (χ2v) is 0.947. The molecule has 1 heteroatoms. The third-order valence-corrected chi connectivity index (χ3v) is 0. The van der Waals surface area contributed by atoms with Crippen LogP contribution in [-0.4, -0.2) is 11.2 Å². The fraction of sp³-hybridized carbons (Fsp3) is 1.00. The lowest BCUT2D eigenvalue weighted by Gasteiger charge is -1.80. The molecule has 1 nitrogen and oxygen atoms in total. The fourth-order valence-electron chi connectivity index (χ4n) is 0. The summed E-state index contributed by atoms with van der Waals surface area (Å²) in [5, 5.41) is 8.19. The normalized spacial score (nSPS) is 15.2. The van der Waals surface area contributed by atoms with Gasteiger partial charge in [-0.3, -0.25) is 0 Å². The van der Waals surface area contributed by atoms with Crippen molar-refractivity contribution in [2.75, 3.05) is 0 Å². The molecule has 0 aromatic heterocycles. The zero-order valence-electron chi connectivity index (χ0n) is 3.95. The number of aliphatic hydroxyl groups is 1. The van der Waals surface area contributed by atoms with E-state index in [1.807, 2.05) is 0 Å². The number of rotatable bonds is 0. The van der Waals surface area contributed by atoms with Gasteiger partial charge in [0.05, 0.1) is 1.37 Å². The average molecular weight is 62.1 g/mol. The van der Waals surface area contributed by atoms with Crippen molar-refractivity contribution >= 4 is 0 Å². The van der Waals surface area contributed by atoms with Gasteiger partial charge in [0, 0.05) is 6.08 Å². The van der Waals surface area contributed by atoms with Crippen LogP contribution in [0.4, 0.5) is 0 Å². The molecule has 1 N–H and O–H groups in total. The zero-order chi connectivity index (χ0) is 4.50. The van der Waals surface area contributed by atoms with E-state index >= 15 is 0 Å². The Balaban J connectivity index is 3.02. The van der Waals surface area contributed by atoms with Gasteiger partial charge in [0.2, 0.25) is 0 Å². The molecule has 0 amide bonds. The Bertz CT molecular complexity index is 22.4. The van der Waals surface area contributed by atoms with Crippen LogP contribution in [0.3, 0.4) is 0 Å². The van der Waals surface area contributed by atoms with E-state index in [1.54, 1.807) is 0 Å². The summed E-state index contributed by atoms with van der Waals surface area (Å²) in [5.74, 6) is 0. The van der Waals surface area contributed by atoms with Crippen LogP contribution in [0.25, 0.3) is 0 Å². The summed E-state index contributed by atoms with van der Waals surface area (Å²) in [6.45, 7) is 2.82. The van der Waals surface area contributed by atoms with Crippen LogP contribution in [0.2, 0.25) is 0 Å². The molecule has 26 valence electrons. The molecule has 0 saturated heterocycles. The molecule has 0 saturated carbocycles. The van der Waals surface area contributed by atoms with E-state index in [9.17, 15) is 0 Å². The van der Waals surface area contributed by atoms with Gasteiger partial charge >= 0.3 is 0 Å². The van der Waals surface area contributed by atoms with Gasteiger partial charge in [-0.2, -0.15) is 0 Å². The predicted octanol–water partition coefficient (Wildman–Crippen LogP) is 0.387. The average Bonchev–Trinajstić information content (AvgIpc) is 0.722. The van der Waals surface area contributed by atoms with E-state index in [0.29, 0.717) is 0 Å². The Morgan fingerprint density at radius 1 is 2.00 bits per heavy atom. The Morgan fingerprint density at radius 2 is 2.00 bits per heavy atom. The number of hydrogen-bond donors (Lipinski definition) is 1. The van der Waals surface area contributed by atoms with Gasteiger partial charge in [0.1, 0.15) is 0 Å². The molecule has 0 aliphatic rings. The second-order valence-electron chi connectivity index (χ2n) is 0.947. The Labute approximate surface area is 27.7 Å².